The van der Waals surface area contributed by atoms with Crippen LogP contribution >= 0.6 is 0 Å². The summed E-state index contributed by atoms with van der Waals surface area (Å²) in [6.45, 7) is 0.265. The predicted molar refractivity (Wildman–Crippen MR) is 51.5 cm³/mol. The van der Waals surface area contributed by atoms with Crippen LogP contribution in [0.4, 0.5) is 0 Å². The van der Waals surface area contributed by atoms with Crippen molar-refractivity contribution >= 4 is 12.2 Å². The third kappa shape index (κ3) is 1.90. The highest BCUT2D eigenvalue weighted by Crippen LogP contribution is 2.13. The lowest BCUT2D eigenvalue weighted by molar-refractivity contribution is 0.0475. The van der Waals surface area contributed by atoms with Crippen molar-refractivity contribution in [2.45, 2.75) is 0 Å². The fourth-order valence-corrected chi connectivity index (χ4v) is 1.18. The van der Waals surface area contributed by atoms with Gasteiger partial charge >= 0.3 is 0 Å². The van der Waals surface area contributed by atoms with Crippen LogP contribution in [-0.2, 0) is 9.47 Å². The zero-order valence-corrected chi connectivity index (χ0v) is 7.14. The van der Waals surface area contributed by atoms with E-state index in [0.29, 0.717) is 0 Å². The maximum absolute atomic E-state index is 5.06. The maximum Gasteiger partial charge on any atom is 0.229 e. The van der Waals surface area contributed by atoms with E-state index in [1.165, 1.54) is 0 Å². The van der Waals surface area contributed by atoms with Crippen molar-refractivity contribution in [2.24, 2.45) is 0 Å². The molecule has 1 heterocycles. The topological polar surface area (TPSA) is 18.5 Å². The first-order valence-electron chi connectivity index (χ1n) is 4.12. The van der Waals surface area contributed by atoms with E-state index in [4.69, 9.17) is 9.47 Å². The molecule has 2 rings (SSSR count). The Morgan fingerprint density at radius 2 is 1.38 bits per heavy atom. The number of ether oxygens (including phenoxy) is 2. The first-order valence-corrected chi connectivity index (χ1v) is 4.12. The third-order valence-electron chi connectivity index (χ3n) is 1.82. The molecule has 2 nitrogen and oxygen atoms in total. The highest BCUT2D eigenvalue weighted by molar-refractivity contribution is 5.64. The van der Waals surface area contributed by atoms with Gasteiger partial charge in [-0.05, 0) is 23.3 Å². The Labute approximate surface area is 77.1 Å². The quantitative estimate of drug-likeness (QED) is 0.602. The maximum atomic E-state index is 5.06. The molecule has 0 radical (unpaired) electrons. The second-order valence-corrected chi connectivity index (χ2v) is 2.69. The Balaban J connectivity index is 2.41. The minimum Gasteiger partial charge on any atom is -0.465 e. The van der Waals surface area contributed by atoms with E-state index in [-0.39, 0.29) is 6.79 Å². The summed E-state index contributed by atoms with van der Waals surface area (Å²) in [5.74, 6) is 0. The first kappa shape index (κ1) is 7.92. The van der Waals surface area contributed by atoms with Gasteiger partial charge in [-0.15, -0.1) is 0 Å². The second kappa shape index (κ2) is 3.81. The van der Waals surface area contributed by atoms with Crippen LogP contribution < -0.4 is 0 Å². The second-order valence-electron chi connectivity index (χ2n) is 2.69. The molecule has 1 aromatic carbocycles. The number of benzene rings is 1. The van der Waals surface area contributed by atoms with Gasteiger partial charge in [0.1, 0.15) is 0 Å². The molecule has 0 N–H and O–H groups in total. The smallest absolute Gasteiger partial charge is 0.229 e. The van der Waals surface area contributed by atoms with Crippen LogP contribution in [0, 0.1) is 0 Å². The molecule has 2 heteroatoms. The summed E-state index contributed by atoms with van der Waals surface area (Å²) < 4.78 is 10.1. The Morgan fingerprint density at radius 1 is 0.846 bits per heavy atom. The van der Waals surface area contributed by atoms with Crippen molar-refractivity contribution in [3.05, 3.63) is 47.9 Å². The summed E-state index contributed by atoms with van der Waals surface area (Å²) in [6.07, 6.45) is 7.14. The van der Waals surface area contributed by atoms with Gasteiger partial charge in [-0.25, -0.2) is 0 Å². The van der Waals surface area contributed by atoms with Crippen molar-refractivity contribution in [1.29, 1.82) is 0 Å². The van der Waals surface area contributed by atoms with Gasteiger partial charge in [-0.3, -0.25) is 0 Å². The fraction of sp³-hybridized carbons (Fsp3) is 0.0909. The molecule has 0 amide bonds. The average molecular weight is 174 g/mol. The zero-order chi connectivity index (χ0) is 8.93. The number of fused-ring (bicyclic) bond motifs is 1. The molecule has 13 heavy (non-hydrogen) atoms. The van der Waals surface area contributed by atoms with Gasteiger partial charge in [0.2, 0.25) is 6.79 Å². The van der Waals surface area contributed by atoms with Crippen LogP contribution in [0.5, 0.6) is 0 Å². The van der Waals surface area contributed by atoms with Gasteiger partial charge in [0.15, 0.2) is 0 Å². The van der Waals surface area contributed by atoms with Gasteiger partial charge in [0, 0.05) is 0 Å². The zero-order valence-electron chi connectivity index (χ0n) is 7.14. The largest absolute Gasteiger partial charge is 0.465 e. The summed E-state index contributed by atoms with van der Waals surface area (Å²) in [6, 6.07) is 8.06. The van der Waals surface area contributed by atoms with E-state index < -0.39 is 0 Å². The minimum absolute atomic E-state index is 0.265. The third-order valence-corrected chi connectivity index (χ3v) is 1.82. The summed E-state index contributed by atoms with van der Waals surface area (Å²) in [4.78, 5) is 0. The van der Waals surface area contributed by atoms with Crippen LogP contribution in [0.2, 0.25) is 0 Å². The van der Waals surface area contributed by atoms with E-state index in [9.17, 15) is 0 Å². The Bertz CT molecular complexity index is 307. The molecule has 0 aliphatic carbocycles. The van der Waals surface area contributed by atoms with Crippen LogP contribution in [0.15, 0.2) is 36.8 Å². The van der Waals surface area contributed by atoms with Crippen molar-refractivity contribution in [3.63, 3.8) is 0 Å². The molecule has 66 valence electrons. The normalized spacial score (nSPS) is 14.5. The van der Waals surface area contributed by atoms with E-state index in [2.05, 4.69) is 0 Å². The van der Waals surface area contributed by atoms with E-state index in [0.717, 1.165) is 11.1 Å². The highest BCUT2D eigenvalue weighted by Gasteiger charge is 1.95. The molecule has 0 spiro atoms. The van der Waals surface area contributed by atoms with Gasteiger partial charge in [0.05, 0.1) is 12.5 Å². The summed E-state index contributed by atoms with van der Waals surface area (Å²) in [5, 5.41) is 0. The Kier molecular flexibility index (Phi) is 2.32. The van der Waals surface area contributed by atoms with E-state index in [1.807, 2.05) is 36.4 Å². The van der Waals surface area contributed by atoms with Crippen LogP contribution in [0.25, 0.3) is 12.2 Å². The standard InChI is InChI=1S/C11H10O2/c1-2-4-11-6-8-13-9-12-7-5-10(11)3-1/h1-8H,9H2. The molecule has 0 aromatic heterocycles. The molecule has 0 saturated carbocycles. The van der Waals surface area contributed by atoms with Gasteiger partial charge in [-0.2, -0.15) is 0 Å². The summed E-state index contributed by atoms with van der Waals surface area (Å²) in [5.41, 5.74) is 2.26. The lowest BCUT2D eigenvalue weighted by Gasteiger charge is -1.97. The van der Waals surface area contributed by atoms with Crippen LogP contribution in [-0.4, -0.2) is 6.79 Å². The number of rotatable bonds is 0. The molecule has 0 atom stereocenters. The van der Waals surface area contributed by atoms with E-state index in [1.54, 1.807) is 12.5 Å². The van der Waals surface area contributed by atoms with Crippen molar-refractivity contribution < 1.29 is 9.47 Å². The molecule has 1 aromatic rings. The number of hydrogen-bond donors (Lipinski definition) is 0. The molecular weight excluding hydrogens is 164 g/mol. The van der Waals surface area contributed by atoms with Crippen LogP contribution in [0.3, 0.4) is 0 Å². The number of hydrogen-bond acceptors (Lipinski definition) is 2. The lowest BCUT2D eigenvalue weighted by atomic mass is 10.1. The van der Waals surface area contributed by atoms with Gasteiger partial charge < -0.3 is 9.47 Å². The fourth-order valence-electron chi connectivity index (χ4n) is 1.18. The van der Waals surface area contributed by atoms with Crippen molar-refractivity contribution in [2.75, 3.05) is 6.79 Å². The molecule has 0 bridgehead atoms. The van der Waals surface area contributed by atoms with Crippen LogP contribution in [0.1, 0.15) is 11.1 Å². The molecule has 1 aliphatic rings. The van der Waals surface area contributed by atoms with Gasteiger partial charge in [-0.1, -0.05) is 24.3 Å². The highest BCUT2D eigenvalue weighted by atomic mass is 16.7. The first-order chi connectivity index (χ1) is 6.47. The van der Waals surface area contributed by atoms with E-state index >= 15 is 0 Å². The Hall–Kier alpha value is -1.70. The average Bonchev–Trinajstić information content (AvgIpc) is 2.28. The Morgan fingerprint density at radius 3 is 1.92 bits per heavy atom. The van der Waals surface area contributed by atoms with Gasteiger partial charge in [0.25, 0.3) is 0 Å². The monoisotopic (exact) mass is 174 g/mol. The molecule has 0 saturated heterocycles. The molecular formula is C11H10O2. The molecule has 0 fully saturated rings. The SMILES string of the molecule is C1=Cc2ccccc2C=COCO1. The minimum atomic E-state index is 0.265. The predicted octanol–water partition coefficient (Wildman–Crippen LogP) is 2.63. The summed E-state index contributed by atoms with van der Waals surface area (Å²) in [7, 11) is 0. The van der Waals surface area contributed by atoms with Crippen molar-refractivity contribution in [3.8, 4) is 0 Å². The summed E-state index contributed by atoms with van der Waals surface area (Å²) >= 11 is 0. The molecule has 0 unspecified atom stereocenters. The lowest BCUT2D eigenvalue weighted by Crippen LogP contribution is -1.86. The van der Waals surface area contributed by atoms with Crippen molar-refractivity contribution in [1.82, 2.24) is 0 Å². The molecule has 1 aliphatic heterocycles.